The second-order valence-electron chi connectivity index (χ2n) is 7.69. The van der Waals surface area contributed by atoms with E-state index in [4.69, 9.17) is 4.43 Å². The predicted octanol–water partition coefficient (Wildman–Crippen LogP) is 4.55. The van der Waals surface area contributed by atoms with E-state index in [1.165, 1.54) is 0 Å². The van der Waals surface area contributed by atoms with Crippen molar-refractivity contribution >= 4 is 14.1 Å². The first-order valence-electron chi connectivity index (χ1n) is 7.17. The minimum Gasteiger partial charge on any atom is -0.414 e. The molecule has 18 heavy (non-hydrogen) atoms. The van der Waals surface area contributed by atoms with Gasteiger partial charge in [-0.2, -0.15) is 0 Å². The van der Waals surface area contributed by atoms with Gasteiger partial charge in [0.05, 0.1) is 0 Å². The summed E-state index contributed by atoms with van der Waals surface area (Å²) in [5, 5.41) is 0.272. The molecular formula is C15H30O2Si. The number of carbonyl (C=O) groups excluding carboxylic acids is 1. The number of ketones is 1. The largest absolute Gasteiger partial charge is 0.414 e. The maximum atomic E-state index is 11.6. The van der Waals surface area contributed by atoms with Crippen LogP contribution >= 0.6 is 0 Å². The van der Waals surface area contributed by atoms with Crippen molar-refractivity contribution in [1.29, 1.82) is 0 Å². The van der Waals surface area contributed by atoms with Gasteiger partial charge in [-0.3, -0.25) is 4.79 Å². The van der Waals surface area contributed by atoms with Gasteiger partial charge in [-0.15, -0.1) is 0 Å². The average molecular weight is 270 g/mol. The highest BCUT2D eigenvalue weighted by Crippen LogP contribution is 2.42. The van der Waals surface area contributed by atoms with E-state index in [0.29, 0.717) is 11.9 Å². The molecule has 1 saturated carbocycles. The molecule has 106 valence electrons. The van der Waals surface area contributed by atoms with Crippen molar-refractivity contribution in [2.24, 2.45) is 5.41 Å². The molecule has 1 aliphatic carbocycles. The molecule has 0 amide bonds. The molecule has 0 atom stereocenters. The Kier molecular flexibility index (Phi) is 4.49. The SMILES string of the molecule is CC(=O)C1(C)CCC(O[Si](C)(C)C(C)(C)C)CC1. The highest BCUT2D eigenvalue weighted by molar-refractivity contribution is 6.74. The Bertz CT molecular complexity index is 307. The van der Waals surface area contributed by atoms with Crippen LogP contribution in [-0.4, -0.2) is 20.2 Å². The molecule has 0 spiro atoms. The van der Waals surface area contributed by atoms with Crippen molar-refractivity contribution in [3.05, 3.63) is 0 Å². The first kappa shape index (κ1) is 15.9. The summed E-state index contributed by atoms with van der Waals surface area (Å²) >= 11 is 0. The fourth-order valence-corrected chi connectivity index (χ4v) is 3.71. The smallest absolute Gasteiger partial charge is 0.192 e. The monoisotopic (exact) mass is 270 g/mol. The third kappa shape index (κ3) is 3.44. The van der Waals surface area contributed by atoms with Crippen molar-refractivity contribution in [2.45, 2.75) is 84.5 Å². The van der Waals surface area contributed by atoms with E-state index in [1.807, 2.05) is 0 Å². The van der Waals surface area contributed by atoms with E-state index in [9.17, 15) is 4.79 Å². The van der Waals surface area contributed by atoms with Crippen molar-refractivity contribution in [2.75, 3.05) is 0 Å². The summed E-state index contributed by atoms with van der Waals surface area (Å²) in [5.74, 6) is 0.341. The van der Waals surface area contributed by atoms with Crippen molar-refractivity contribution in [3.8, 4) is 0 Å². The summed E-state index contributed by atoms with van der Waals surface area (Å²) in [4.78, 5) is 11.6. The Hall–Kier alpha value is -0.153. The molecule has 0 aromatic heterocycles. The van der Waals surface area contributed by atoms with Crippen LogP contribution in [0.25, 0.3) is 0 Å². The van der Waals surface area contributed by atoms with Gasteiger partial charge in [0, 0.05) is 11.5 Å². The van der Waals surface area contributed by atoms with Crippen LogP contribution in [-0.2, 0) is 9.22 Å². The van der Waals surface area contributed by atoms with Gasteiger partial charge in [0.25, 0.3) is 0 Å². The zero-order valence-corrected chi connectivity index (χ0v) is 14.2. The van der Waals surface area contributed by atoms with Gasteiger partial charge >= 0.3 is 0 Å². The standard InChI is InChI=1S/C15H30O2Si/c1-12(16)15(5)10-8-13(9-11-15)17-18(6,7)14(2,3)4/h13H,8-11H2,1-7H3. The molecule has 0 bridgehead atoms. The van der Waals surface area contributed by atoms with E-state index in [1.54, 1.807) is 6.92 Å². The molecule has 0 N–H and O–H groups in total. The van der Waals surface area contributed by atoms with Gasteiger partial charge in [-0.05, 0) is 50.7 Å². The molecule has 0 heterocycles. The molecule has 0 radical (unpaired) electrons. The predicted molar refractivity (Wildman–Crippen MR) is 79.3 cm³/mol. The Morgan fingerprint density at radius 3 is 2.00 bits per heavy atom. The summed E-state index contributed by atoms with van der Waals surface area (Å²) in [5.41, 5.74) is -0.0900. The molecule has 3 heteroatoms. The van der Waals surface area contributed by atoms with Gasteiger partial charge in [-0.1, -0.05) is 27.7 Å². The normalized spacial score (nSPS) is 30.3. The fraction of sp³-hybridized carbons (Fsp3) is 0.933. The summed E-state index contributed by atoms with van der Waals surface area (Å²) in [6.45, 7) is 15.3. The van der Waals surface area contributed by atoms with Gasteiger partial charge in [0.2, 0.25) is 0 Å². The molecular weight excluding hydrogens is 240 g/mol. The summed E-state index contributed by atoms with van der Waals surface area (Å²) in [6.07, 6.45) is 4.44. The molecule has 0 aliphatic heterocycles. The van der Waals surface area contributed by atoms with Gasteiger partial charge in [-0.25, -0.2) is 0 Å². The van der Waals surface area contributed by atoms with Gasteiger partial charge < -0.3 is 4.43 Å². The Morgan fingerprint density at radius 1 is 1.22 bits per heavy atom. The molecule has 1 aliphatic rings. The number of rotatable bonds is 3. The summed E-state index contributed by atoms with van der Waals surface area (Å²) in [6, 6.07) is 0. The maximum absolute atomic E-state index is 11.6. The lowest BCUT2D eigenvalue weighted by Gasteiger charge is -2.43. The van der Waals surface area contributed by atoms with E-state index in [-0.39, 0.29) is 10.5 Å². The quantitative estimate of drug-likeness (QED) is 0.703. The zero-order valence-electron chi connectivity index (χ0n) is 13.2. The molecule has 0 saturated heterocycles. The topological polar surface area (TPSA) is 26.3 Å². The van der Waals surface area contributed by atoms with E-state index >= 15 is 0 Å². The van der Waals surface area contributed by atoms with Crippen molar-refractivity contribution < 1.29 is 9.22 Å². The lowest BCUT2D eigenvalue weighted by molar-refractivity contribution is -0.128. The minimum absolute atomic E-state index is 0.0900. The van der Waals surface area contributed by atoms with Crippen LogP contribution in [0.4, 0.5) is 0 Å². The van der Waals surface area contributed by atoms with Gasteiger partial charge in [0.1, 0.15) is 5.78 Å². The van der Waals surface area contributed by atoms with Gasteiger partial charge in [0.15, 0.2) is 8.32 Å². The van der Waals surface area contributed by atoms with E-state index < -0.39 is 8.32 Å². The third-order valence-electron chi connectivity index (χ3n) is 5.15. The van der Waals surface area contributed by atoms with Crippen LogP contribution in [0, 0.1) is 5.41 Å². The second kappa shape index (κ2) is 5.08. The van der Waals surface area contributed by atoms with Crippen molar-refractivity contribution in [1.82, 2.24) is 0 Å². The lowest BCUT2D eigenvalue weighted by Crippen LogP contribution is -2.45. The Labute approximate surface area is 114 Å². The zero-order chi connectivity index (χ0) is 14.2. The highest BCUT2D eigenvalue weighted by Gasteiger charge is 2.42. The Balaban J connectivity index is 2.58. The third-order valence-corrected chi connectivity index (χ3v) is 9.69. The molecule has 0 aromatic rings. The molecule has 2 nitrogen and oxygen atoms in total. The minimum atomic E-state index is -1.65. The first-order chi connectivity index (χ1) is 7.98. The number of carbonyl (C=O) groups is 1. The van der Waals surface area contributed by atoms with Crippen LogP contribution in [0.5, 0.6) is 0 Å². The molecule has 1 fully saturated rings. The molecule has 0 aromatic carbocycles. The van der Waals surface area contributed by atoms with Crippen LogP contribution in [0.3, 0.4) is 0 Å². The maximum Gasteiger partial charge on any atom is 0.192 e. The van der Waals surface area contributed by atoms with E-state index in [2.05, 4.69) is 40.8 Å². The van der Waals surface area contributed by atoms with Crippen molar-refractivity contribution in [3.63, 3.8) is 0 Å². The summed E-state index contributed by atoms with van der Waals surface area (Å²) in [7, 11) is -1.65. The Morgan fingerprint density at radius 2 is 1.67 bits per heavy atom. The highest BCUT2D eigenvalue weighted by atomic mass is 28.4. The molecule has 0 unspecified atom stereocenters. The second-order valence-corrected chi connectivity index (χ2v) is 12.5. The average Bonchev–Trinajstić information content (AvgIpc) is 2.19. The summed E-state index contributed by atoms with van der Waals surface area (Å²) < 4.78 is 6.44. The number of hydrogen-bond donors (Lipinski definition) is 0. The van der Waals surface area contributed by atoms with Crippen LogP contribution in [0.1, 0.15) is 60.3 Å². The lowest BCUT2D eigenvalue weighted by atomic mass is 9.72. The fourth-order valence-electron chi connectivity index (χ4n) is 2.29. The van der Waals surface area contributed by atoms with Crippen LogP contribution < -0.4 is 0 Å². The first-order valence-corrected chi connectivity index (χ1v) is 10.1. The van der Waals surface area contributed by atoms with Crippen LogP contribution in [0.15, 0.2) is 0 Å². The number of hydrogen-bond acceptors (Lipinski definition) is 2. The van der Waals surface area contributed by atoms with Crippen LogP contribution in [0.2, 0.25) is 18.1 Å². The molecule has 1 rings (SSSR count). The number of Topliss-reactive ketones (excluding diaryl/α,β-unsaturated/α-hetero) is 1. The van der Waals surface area contributed by atoms with E-state index in [0.717, 1.165) is 25.7 Å².